The molecule has 14 heavy (non-hydrogen) atoms. The molecule has 1 fully saturated rings. The van der Waals surface area contributed by atoms with E-state index in [1.165, 1.54) is 0 Å². The van der Waals surface area contributed by atoms with E-state index in [0.29, 0.717) is 5.56 Å². The molecule has 1 aromatic carbocycles. The molecule has 74 valence electrons. The fraction of sp³-hybridized carbons (Fsp3) is 0.300. The van der Waals surface area contributed by atoms with E-state index in [2.05, 4.69) is 4.90 Å². The number of aromatic carboxylic acids is 1. The Bertz CT molecular complexity index is 330. The molecule has 0 spiro atoms. The molecule has 1 N–H and O–H groups in total. The van der Waals surface area contributed by atoms with E-state index in [-0.39, 0.29) is 0 Å². The summed E-state index contributed by atoms with van der Waals surface area (Å²) in [6, 6.07) is 7.05. The van der Waals surface area contributed by atoms with Gasteiger partial charge in [0.1, 0.15) is 0 Å². The van der Waals surface area contributed by atoms with Crippen molar-refractivity contribution in [3.8, 4) is 0 Å². The van der Waals surface area contributed by atoms with Gasteiger partial charge in [-0.25, -0.2) is 4.79 Å². The van der Waals surface area contributed by atoms with Crippen molar-refractivity contribution in [3.05, 3.63) is 29.8 Å². The van der Waals surface area contributed by atoms with Crippen molar-refractivity contribution in [2.24, 2.45) is 0 Å². The van der Waals surface area contributed by atoms with Crippen LogP contribution in [0.5, 0.6) is 0 Å². The van der Waals surface area contributed by atoms with Gasteiger partial charge in [-0.15, -0.1) is 11.8 Å². The molecule has 1 heterocycles. The fourth-order valence-corrected chi connectivity index (χ4v) is 2.41. The van der Waals surface area contributed by atoms with Gasteiger partial charge >= 0.3 is 5.97 Å². The Labute approximate surface area is 86.7 Å². The van der Waals surface area contributed by atoms with Crippen LogP contribution < -0.4 is 4.90 Å². The van der Waals surface area contributed by atoms with Crippen molar-refractivity contribution >= 4 is 23.4 Å². The Morgan fingerprint density at radius 3 is 2.57 bits per heavy atom. The molecule has 0 radical (unpaired) electrons. The molecule has 1 saturated heterocycles. The third-order valence-corrected chi connectivity index (χ3v) is 3.20. The highest BCUT2D eigenvalue weighted by molar-refractivity contribution is 7.99. The van der Waals surface area contributed by atoms with Gasteiger partial charge in [0, 0.05) is 18.0 Å². The Kier molecular flexibility index (Phi) is 2.63. The second kappa shape index (κ2) is 3.92. The van der Waals surface area contributed by atoms with Crippen LogP contribution in [0.25, 0.3) is 0 Å². The highest BCUT2D eigenvalue weighted by Crippen LogP contribution is 2.22. The van der Waals surface area contributed by atoms with Crippen LogP contribution in [0.15, 0.2) is 24.3 Å². The number of carboxylic acid groups (broad SMARTS) is 1. The molecule has 0 aromatic heterocycles. The zero-order valence-electron chi connectivity index (χ0n) is 7.64. The van der Waals surface area contributed by atoms with Gasteiger partial charge < -0.3 is 10.0 Å². The Morgan fingerprint density at radius 1 is 1.36 bits per heavy atom. The lowest BCUT2D eigenvalue weighted by Crippen LogP contribution is -2.17. The van der Waals surface area contributed by atoms with E-state index in [1.807, 2.05) is 23.9 Å². The molecule has 1 aliphatic heterocycles. The predicted molar refractivity (Wildman–Crippen MR) is 58.1 cm³/mol. The number of hydrogen-bond acceptors (Lipinski definition) is 3. The van der Waals surface area contributed by atoms with E-state index in [0.717, 1.165) is 23.9 Å². The molecule has 0 unspecified atom stereocenters. The summed E-state index contributed by atoms with van der Waals surface area (Å²) in [5.74, 6) is 1.29. The van der Waals surface area contributed by atoms with Crippen molar-refractivity contribution in [2.45, 2.75) is 0 Å². The van der Waals surface area contributed by atoms with Crippen LogP contribution in [0.3, 0.4) is 0 Å². The third kappa shape index (κ3) is 1.85. The zero-order valence-corrected chi connectivity index (χ0v) is 8.46. The second-order valence-electron chi connectivity index (χ2n) is 3.15. The summed E-state index contributed by atoms with van der Waals surface area (Å²) < 4.78 is 0. The first-order valence-corrected chi connectivity index (χ1v) is 5.59. The van der Waals surface area contributed by atoms with Crippen molar-refractivity contribution in [1.82, 2.24) is 0 Å². The van der Waals surface area contributed by atoms with Crippen LogP contribution in [-0.2, 0) is 0 Å². The monoisotopic (exact) mass is 209 g/mol. The molecule has 0 aliphatic carbocycles. The number of carbonyl (C=O) groups is 1. The highest BCUT2D eigenvalue weighted by Gasteiger charge is 2.12. The lowest BCUT2D eigenvalue weighted by atomic mass is 10.2. The normalized spacial score (nSPS) is 15.9. The number of benzene rings is 1. The van der Waals surface area contributed by atoms with Crippen LogP contribution in [0.2, 0.25) is 0 Å². The molecular weight excluding hydrogens is 198 g/mol. The predicted octanol–water partition coefficient (Wildman–Crippen LogP) is 1.90. The van der Waals surface area contributed by atoms with Crippen LogP contribution >= 0.6 is 11.8 Å². The third-order valence-electron chi connectivity index (χ3n) is 2.23. The van der Waals surface area contributed by atoms with Crippen molar-refractivity contribution in [1.29, 1.82) is 0 Å². The summed E-state index contributed by atoms with van der Waals surface area (Å²) in [6.07, 6.45) is 0. The summed E-state index contributed by atoms with van der Waals surface area (Å²) in [5.41, 5.74) is 1.46. The zero-order chi connectivity index (χ0) is 9.97. The lowest BCUT2D eigenvalue weighted by Gasteiger charge is -2.16. The fourth-order valence-electron chi connectivity index (χ4n) is 1.43. The SMILES string of the molecule is O=C(O)c1ccc(N2CCSC2)cc1. The minimum Gasteiger partial charge on any atom is -0.478 e. The van der Waals surface area contributed by atoms with Gasteiger partial charge in [-0.3, -0.25) is 0 Å². The molecule has 0 saturated carbocycles. The van der Waals surface area contributed by atoms with E-state index in [9.17, 15) is 4.79 Å². The number of thioether (sulfide) groups is 1. The van der Waals surface area contributed by atoms with Gasteiger partial charge in [0.2, 0.25) is 0 Å². The van der Waals surface area contributed by atoms with Crippen LogP contribution in [-0.4, -0.2) is 29.3 Å². The average Bonchev–Trinajstić information content (AvgIpc) is 2.71. The summed E-state index contributed by atoms with van der Waals surface area (Å²) in [5, 5.41) is 8.72. The molecule has 1 aromatic rings. The quantitative estimate of drug-likeness (QED) is 0.807. The summed E-state index contributed by atoms with van der Waals surface area (Å²) in [4.78, 5) is 12.9. The molecule has 0 atom stereocenters. The molecule has 4 heteroatoms. The van der Waals surface area contributed by atoms with Gasteiger partial charge in [0.25, 0.3) is 0 Å². The average molecular weight is 209 g/mol. The number of carboxylic acids is 1. The Balaban J connectivity index is 2.16. The maximum absolute atomic E-state index is 10.6. The number of hydrogen-bond donors (Lipinski definition) is 1. The van der Waals surface area contributed by atoms with Gasteiger partial charge in [-0.2, -0.15) is 0 Å². The van der Waals surface area contributed by atoms with E-state index in [1.54, 1.807) is 12.1 Å². The van der Waals surface area contributed by atoms with Crippen molar-refractivity contribution < 1.29 is 9.90 Å². The minimum atomic E-state index is -0.868. The maximum atomic E-state index is 10.6. The molecule has 2 rings (SSSR count). The second-order valence-corrected chi connectivity index (χ2v) is 4.23. The molecule has 0 bridgehead atoms. The first kappa shape index (κ1) is 9.40. The number of anilines is 1. The van der Waals surface area contributed by atoms with Crippen molar-refractivity contribution in [2.75, 3.05) is 23.1 Å². The topological polar surface area (TPSA) is 40.5 Å². The lowest BCUT2D eigenvalue weighted by molar-refractivity contribution is 0.0697. The van der Waals surface area contributed by atoms with E-state index >= 15 is 0 Å². The highest BCUT2D eigenvalue weighted by atomic mass is 32.2. The Morgan fingerprint density at radius 2 is 2.07 bits per heavy atom. The summed E-state index contributed by atoms with van der Waals surface area (Å²) in [7, 11) is 0. The molecular formula is C10H11NO2S. The molecule has 0 amide bonds. The first-order chi connectivity index (χ1) is 6.77. The minimum absolute atomic E-state index is 0.348. The van der Waals surface area contributed by atoms with Gasteiger partial charge in [-0.1, -0.05) is 0 Å². The summed E-state index contributed by atoms with van der Waals surface area (Å²) >= 11 is 1.90. The number of nitrogens with zero attached hydrogens (tertiary/aromatic N) is 1. The van der Waals surface area contributed by atoms with Gasteiger partial charge in [0.05, 0.1) is 11.4 Å². The summed E-state index contributed by atoms with van der Waals surface area (Å²) in [6.45, 7) is 1.05. The number of rotatable bonds is 2. The standard InChI is InChI=1S/C10H11NO2S/c12-10(13)8-1-3-9(4-2-8)11-5-6-14-7-11/h1-4H,5-7H2,(H,12,13). The maximum Gasteiger partial charge on any atom is 0.335 e. The van der Waals surface area contributed by atoms with Crippen LogP contribution in [0.4, 0.5) is 5.69 Å². The van der Waals surface area contributed by atoms with Crippen molar-refractivity contribution in [3.63, 3.8) is 0 Å². The van der Waals surface area contributed by atoms with Crippen LogP contribution in [0.1, 0.15) is 10.4 Å². The van der Waals surface area contributed by atoms with Crippen LogP contribution in [0, 0.1) is 0 Å². The smallest absolute Gasteiger partial charge is 0.335 e. The van der Waals surface area contributed by atoms with E-state index < -0.39 is 5.97 Å². The molecule has 3 nitrogen and oxygen atoms in total. The van der Waals surface area contributed by atoms with Gasteiger partial charge in [-0.05, 0) is 24.3 Å². The first-order valence-electron chi connectivity index (χ1n) is 4.43. The largest absolute Gasteiger partial charge is 0.478 e. The van der Waals surface area contributed by atoms with E-state index in [4.69, 9.17) is 5.11 Å². The van der Waals surface area contributed by atoms with Gasteiger partial charge in [0.15, 0.2) is 0 Å². The molecule has 1 aliphatic rings. The Hall–Kier alpha value is -1.16.